The summed E-state index contributed by atoms with van der Waals surface area (Å²) in [7, 11) is 1.80. The van der Waals surface area contributed by atoms with Crippen LogP contribution in [0.25, 0.3) is 0 Å². The van der Waals surface area contributed by atoms with Crippen LogP contribution < -0.4 is 10.2 Å². The molecular weight excluding hydrogens is 314 g/mol. The summed E-state index contributed by atoms with van der Waals surface area (Å²) in [5.74, 6) is 0.849. The molecule has 120 valence electrons. The van der Waals surface area contributed by atoms with E-state index in [2.05, 4.69) is 20.2 Å². The summed E-state index contributed by atoms with van der Waals surface area (Å²) < 4.78 is 5.37. The van der Waals surface area contributed by atoms with E-state index in [1.54, 1.807) is 25.5 Å². The molecule has 2 N–H and O–H groups in total. The van der Waals surface area contributed by atoms with Gasteiger partial charge in [0.1, 0.15) is 11.0 Å². The predicted octanol–water partition coefficient (Wildman–Crippen LogP) is 2.42. The number of rotatable bonds is 4. The lowest BCUT2D eigenvalue weighted by atomic mass is 10.0. The average Bonchev–Trinajstić information content (AvgIpc) is 2.61. The molecule has 2 aromatic rings. The molecule has 3 rings (SSSR count). The third kappa shape index (κ3) is 3.28. The van der Waals surface area contributed by atoms with Crippen molar-refractivity contribution >= 4 is 28.8 Å². The van der Waals surface area contributed by atoms with E-state index in [0.717, 1.165) is 30.2 Å². The van der Waals surface area contributed by atoms with Crippen molar-refractivity contribution in [2.45, 2.75) is 0 Å². The summed E-state index contributed by atoms with van der Waals surface area (Å²) in [6.45, 7) is 3.00. The number of morpholine rings is 1. The van der Waals surface area contributed by atoms with Gasteiger partial charge in [-0.1, -0.05) is 11.6 Å². The van der Waals surface area contributed by atoms with Crippen LogP contribution in [0.4, 0.5) is 11.5 Å². The van der Waals surface area contributed by atoms with E-state index in [9.17, 15) is 0 Å². The Bertz CT molecular complexity index is 715. The van der Waals surface area contributed by atoms with Gasteiger partial charge in [-0.15, -0.1) is 0 Å². The molecule has 6 nitrogen and oxygen atoms in total. The summed E-state index contributed by atoms with van der Waals surface area (Å²) in [6, 6.07) is 5.53. The van der Waals surface area contributed by atoms with Gasteiger partial charge in [-0.2, -0.15) is 0 Å². The van der Waals surface area contributed by atoms with E-state index in [4.69, 9.17) is 21.7 Å². The highest BCUT2D eigenvalue weighted by Crippen LogP contribution is 2.26. The number of ether oxygens (including phenoxy) is 1. The fourth-order valence-electron chi connectivity index (χ4n) is 2.57. The van der Waals surface area contributed by atoms with Crippen LogP contribution in [-0.4, -0.2) is 49.0 Å². The van der Waals surface area contributed by atoms with Gasteiger partial charge in [0.15, 0.2) is 0 Å². The summed E-state index contributed by atoms with van der Waals surface area (Å²) in [5, 5.41) is 11.9. The normalized spacial score (nSPS) is 14.6. The lowest BCUT2D eigenvalue weighted by Gasteiger charge is -2.28. The third-order valence-electron chi connectivity index (χ3n) is 3.79. The van der Waals surface area contributed by atoms with Crippen LogP contribution in [0.1, 0.15) is 11.1 Å². The molecular formula is C16H18ClN5O. The van der Waals surface area contributed by atoms with Crippen LogP contribution in [0.2, 0.25) is 5.15 Å². The minimum Gasteiger partial charge on any atom is -0.387 e. The van der Waals surface area contributed by atoms with Crippen molar-refractivity contribution in [1.29, 1.82) is 5.41 Å². The Morgan fingerprint density at radius 1 is 1.26 bits per heavy atom. The van der Waals surface area contributed by atoms with E-state index in [1.165, 1.54) is 0 Å². The first-order valence-corrected chi connectivity index (χ1v) is 7.79. The van der Waals surface area contributed by atoms with E-state index in [-0.39, 0.29) is 0 Å². The van der Waals surface area contributed by atoms with Gasteiger partial charge < -0.3 is 15.0 Å². The SMILES string of the molecule is CNc1ccnc(Cl)c1C(=N)c1ccnc(N2CCOCC2)c1. The maximum atomic E-state index is 8.53. The molecule has 0 aliphatic carbocycles. The second-order valence-corrected chi connectivity index (χ2v) is 5.51. The van der Waals surface area contributed by atoms with Gasteiger partial charge >= 0.3 is 0 Å². The molecule has 2 aromatic heterocycles. The van der Waals surface area contributed by atoms with Gasteiger partial charge in [-0.05, 0) is 18.2 Å². The Balaban J connectivity index is 1.94. The summed E-state index contributed by atoms with van der Waals surface area (Å²) in [5.41, 5.74) is 2.45. The maximum Gasteiger partial charge on any atom is 0.140 e. The quantitative estimate of drug-likeness (QED) is 0.665. The van der Waals surface area contributed by atoms with Gasteiger partial charge in [0.05, 0.1) is 24.5 Å². The maximum absolute atomic E-state index is 8.53. The van der Waals surface area contributed by atoms with Crippen molar-refractivity contribution in [3.05, 3.63) is 46.9 Å². The highest BCUT2D eigenvalue weighted by Gasteiger charge is 2.17. The number of aromatic nitrogens is 2. The van der Waals surface area contributed by atoms with Crippen molar-refractivity contribution in [1.82, 2.24) is 9.97 Å². The van der Waals surface area contributed by atoms with Crippen molar-refractivity contribution in [2.75, 3.05) is 43.6 Å². The molecule has 3 heterocycles. The zero-order valence-electron chi connectivity index (χ0n) is 12.8. The van der Waals surface area contributed by atoms with E-state index >= 15 is 0 Å². The smallest absolute Gasteiger partial charge is 0.140 e. The minimum atomic E-state index is 0.312. The summed E-state index contributed by atoms with van der Waals surface area (Å²) >= 11 is 6.21. The standard InChI is InChI=1S/C16H18ClN5O/c1-19-12-3-5-21-16(17)14(12)15(18)11-2-4-20-13(10-11)22-6-8-23-9-7-22/h2-5,10,18H,6-9H2,1H3,(H,19,21). The monoisotopic (exact) mass is 331 g/mol. The van der Waals surface area contributed by atoms with Crippen LogP contribution in [0.5, 0.6) is 0 Å². The summed E-state index contributed by atoms with van der Waals surface area (Å²) in [6.07, 6.45) is 3.34. The number of hydrogen-bond donors (Lipinski definition) is 2. The van der Waals surface area contributed by atoms with Crippen LogP contribution >= 0.6 is 11.6 Å². The molecule has 1 saturated heterocycles. The van der Waals surface area contributed by atoms with Crippen LogP contribution in [0, 0.1) is 5.41 Å². The van der Waals surface area contributed by atoms with E-state index in [1.807, 2.05) is 12.1 Å². The van der Waals surface area contributed by atoms with Crippen molar-refractivity contribution < 1.29 is 4.74 Å². The van der Waals surface area contributed by atoms with Crippen molar-refractivity contribution in [2.24, 2.45) is 0 Å². The van der Waals surface area contributed by atoms with Gasteiger partial charge in [0.25, 0.3) is 0 Å². The fraction of sp³-hybridized carbons (Fsp3) is 0.312. The molecule has 0 bridgehead atoms. The number of halogens is 1. The second-order valence-electron chi connectivity index (χ2n) is 5.15. The highest BCUT2D eigenvalue weighted by molar-refractivity contribution is 6.35. The van der Waals surface area contributed by atoms with Gasteiger partial charge in [-0.3, -0.25) is 5.41 Å². The zero-order chi connectivity index (χ0) is 16.2. The Morgan fingerprint density at radius 2 is 2.00 bits per heavy atom. The lowest BCUT2D eigenvalue weighted by Crippen LogP contribution is -2.36. The first-order chi connectivity index (χ1) is 11.2. The largest absolute Gasteiger partial charge is 0.387 e. The van der Waals surface area contributed by atoms with Gasteiger partial charge in [0, 0.05) is 43.8 Å². The number of nitrogens with one attached hydrogen (secondary N) is 2. The number of pyridine rings is 2. The number of hydrogen-bond acceptors (Lipinski definition) is 6. The molecule has 1 aliphatic heterocycles. The van der Waals surface area contributed by atoms with E-state index < -0.39 is 0 Å². The molecule has 0 amide bonds. The Hall–Kier alpha value is -2.18. The number of nitrogens with zero attached hydrogens (tertiary/aromatic N) is 3. The van der Waals surface area contributed by atoms with Crippen molar-refractivity contribution in [3.63, 3.8) is 0 Å². The van der Waals surface area contributed by atoms with Crippen molar-refractivity contribution in [3.8, 4) is 0 Å². The molecule has 0 radical (unpaired) electrons. The molecule has 0 atom stereocenters. The van der Waals surface area contributed by atoms with Crippen LogP contribution in [0.3, 0.4) is 0 Å². The highest BCUT2D eigenvalue weighted by atomic mass is 35.5. The molecule has 0 saturated carbocycles. The molecule has 23 heavy (non-hydrogen) atoms. The topological polar surface area (TPSA) is 74.1 Å². The third-order valence-corrected chi connectivity index (χ3v) is 4.08. The molecule has 7 heteroatoms. The molecule has 1 fully saturated rings. The Kier molecular flexibility index (Phi) is 4.73. The average molecular weight is 332 g/mol. The Labute approximate surface area is 140 Å². The lowest BCUT2D eigenvalue weighted by molar-refractivity contribution is 0.122. The van der Waals surface area contributed by atoms with Crippen LogP contribution in [0.15, 0.2) is 30.6 Å². The molecule has 0 aromatic carbocycles. The predicted molar refractivity (Wildman–Crippen MR) is 92.0 cm³/mol. The van der Waals surface area contributed by atoms with Gasteiger partial charge in [-0.25, -0.2) is 9.97 Å². The van der Waals surface area contributed by atoms with E-state index in [0.29, 0.717) is 29.6 Å². The van der Waals surface area contributed by atoms with Gasteiger partial charge in [0.2, 0.25) is 0 Å². The number of anilines is 2. The molecule has 0 spiro atoms. The van der Waals surface area contributed by atoms with Crippen LogP contribution in [-0.2, 0) is 4.74 Å². The first-order valence-electron chi connectivity index (χ1n) is 7.41. The fourth-order valence-corrected chi connectivity index (χ4v) is 2.82. The molecule has 0 unspecified atom stereocenters. The first kappa shape index (κ1) is 15.7. The minimum absolute atomic E-state index is 0.312. The zero-order valence-corrected chi connectivity index (χ0v) is 13.6. The second kappa shape index (κ2) is 6.93. The Morgan fingerprint density at radius 3 is 2.74 bits per heavy atom. The summed E-state index contributed by atoms with van der Waals surface area (Å²) in [4.78, 5) is 10.7. The molecule has 1 aliphatic rings.